The van der Waals surface area contributed by atoms with E-state index in [0.717, 1.165) is 47.7 Å². The fraction of sp³-hybridized carbons (Fsp3) is 0.333. The summed E-state index contributed by atoms with van der Waals surface area (Å²) in [6.45, 7) is 2.77. The first-order valence-electron chi connectivity index (χ1n) is 9.03. The number of hydrogen-bond donors (Lipinski definition) is 0. The van der Waals surface area contributed by atoms with Crippen molar-refractivity contribution in [2.75, 3.05) is 13.7 Å². The molecule has 0 saturated carbocycles. The predicted octanol–water partition coefficient (Wildman–Crippen LogP) is 3.56. The SMILES string of the molecule is COc1cccc([C@@H]2CCCN2C(=O)Cc2c(C)nc3ccccn23)c1. The van der Waals surface area contributed by atoms with Gasteiger partial charge in [-0.15, -0.1) is 0 Å². The first kappa shape index (κ1) is 16.6. The summed E-state index contributed by atoms with van der Waals surface area (Å²) < 4.78 is 7.36. The molecule has 0 bridgehead atoms. The van der Waals surface area contributed by atoms with Gasteiger partial charge in [0.25, 0.3) is 0 Å². The van der Waals surface area contributed by atoms with Crippen LogP contribution in [0.2, 0.25) is 0 Å². The van der Waals surface area contributed by atoms with E-state index < -0.39 is 0 Å². The van der Waals surface area contributed by atoms with Crippen molar-refractivity contribution in [1.82, 2.24) is 14.3 Å². The van der Waals surface area contributed by atoms with Gasteiger partial charge in [-0.3, -0.25) is 4.79 Å². The number of likely N-dealkylation sites (tertiary alicyclic amines) is 1. The summed E-state index contributed by atoms with van der Waals surface area (Å²) in [4.78, 5) is 19.7. The van der Waals surface area contributed by atoms with Gasteiger partial charge < -0.3 is 14.0 Å². The van der Waals surface area contributed by atoms with Gasteiger partial charge in [-0.2, -0.15) is 0 Å². The molecule has 2 aromatic heterocycles. The highest BCUT2D eigenvalue weighted by atomic mass is 16.5. The fourth-order valence-corrected chi connectivity index (χ4v) is 3.88. The van der Waals surface area contributed by atoms with Gasteiger partial charge >= 0.3 is 0 Å². The summed E-state index contributed by atoms with van der Waals surface area (Å²) >= 11 is 0. The molecule has 1 atom stereocenters. The summed E-state index contributed by atoms with van der Waals surface area (Å²) in [6, 6.07) is 14.1. The lowest BCUT2D eigenvalue weighted by Crippen LogP contribution is -2.32. The van der Waals surface area contributed by atoms with Crippen molar-refractivity contribution in [1.29, 1.82) is 0 Å². The van der Waals surface area contributed by atoms with Crippen LogP contribution in [0.1, 0.15) is 35.8 Å². The Kier molecular flexibility index (Phi) is 4.37. The van der Waals surface area contributed by atoms with E-state index in [1.807, 2.05) is 58.8 Å². The third kappa shape index (κ3) is 2.94. The van der Waals surface area contributed by atoms with E-state index in [1.54, 1.807) is 7.11 Å². The van der Waals surface area contributed by atoms with Crippen LogP contribution in [0, 0.1) is 6.92 Å². The lowest BCUT2D eigenvalue weighted by Gasteiger charge is -2.25. The number of amides is 1. The number of aromatic nitrogens is 2. The second kappa shape index (κ2) is 6.83. The highest BCUT2D eigenvalue weighted by Crippen LogP contribution is 2.34. The number of carbonyl (C=O) groups is 1. The van der Waals surface area contributed by atoms with Crippen molar-refractivity contribution in [3.05, 3.63) is 65.6 Å². The van der Waals surface area contributed by atoms with Crippen molar-refractivity contribution in [2.45, 2.75) is 32.2 Å². The van der Waals surface area contributed by atoms with E-state index >= 15 is 0 Å². The lowest BCUT2D eigenvalue weighted by molar-refractivity contribution is -0.131. The van der Waals surface area contributed by atoms with Gasteiger partial charge in [0.05, 0.1) is 31.0 Å². The second-order valence-corrected chi connectivity index (χ2v) is 6.77. The molecule has 5 nitrogen and oxygen atoms in total. The Morgan fingerprint density at radius 2 is 2.15 bits per heavy atom. The Morgan fingerprint density at radius 1 is 1.27 bits per heavy atom. The molecule has 3 heterocycles. The number of rotatable bonds is 4. The third-order valence-corrected chi connectivity index (χ3v) is 5.20. The van der Waals surface area contributed by atoms with Gasteiger partial charge in [-0.1, -0.05) is 18.2 Å². The molecule has 1 saturated heterocycles. The van der Waals surface area contributed by atoms with Crippen LogP contribution in [0.5, 0.6) is 5.75 Å². The molecule has 1 aliphatic heterocycles. The van der Waals surface area contributed by atoms with Crippen molar-refractivity contribution >= 4 is 11.6 Å². The van der Waals surface area contributed by atoms with Crippen LogP contribution in [-0.2, 0) is 11.2 Å². The summed E-state index contributed by atoms with van der Waals surface area (Å²) in [5.41, 5.74) is 3.92. The van der Waals surface area contributed by atoms with Crippen LogP contribution < -0.4 is 4.74 Å². The van der Waals surface area contributed by atoms with Crippen LogP contribution in [-0.4, -0.2) is 33.8 Å². The molecule has 0 spiro atoms. The monoisotopic (exact) mass is 349 g/mol. The number of carbonyl (C=O) groups excluding carboxylic acids is 1. The fourth-order valence-electron chi connectivity index (χ4n) is 3.88. The largest absolute Gasteiger partial charge is 0.497 e. The van der Waals surface area contributed by atoms with E-state index in [-0.39, 0.29) is 11.9 Å². The maximum Gasteiger partial charge on any atom is 0.229 e. The number of aryl methyl sites for hydroxylation is 1. The zero-order valence-corrected chi connectivity index (χ0v) is 15.2. The molecular formula is C21H23N3O2. The Bertz CT molecular complexity index is 947. The van der Waals surface area contributed by atoms with E-state index in [2.05, 4.69) is 11.1 Å². The number of fused-ring (bicyclic) bond motifs is 1. The second-order valence-electron chi connectivity index (χ2n) is 6.77. The normalized spacial score (nSPS) is 17.0. The van der Waals surface area contributed by atoms with Crippen molar-refractivity contribution in [2.24, 2.45) is 0 Å². The number of methoxy groups -OCH3 is 1. The minimum absolute atomic E-state index is 0.122. The minimum atomic E-state index is 0.122. The first-order valence-corrected chi connectivity index (χ1v) is 9.03. The minimum Gasteiger partial charge on any atom is -0.497 e. The molecule has 1 fully saturated rings. The lowest BCUT2D eigenvalue weighted by atomic mass is 10.0. The van der Waals surface area contributed by atoms with Crippen LogP contribution in [0.25, 0.3) is 5.65 Å². The summed E-state index contributed by atoms with van der Waals surface area (Å²) in [5, 5.41) is 0. The summed E-state index contributed by atoms with van der Waals surface area (Å²) in [7, 11) is 1.67. The molecule has 1 amide bonds. The number of ether oxygens (including phenoxy) is 1. The Morgan fingerprint density at radius 3 is 3.00 bits per heavy atom. The molecule has 0 unspecified atom stereocenters. The smallest absolute Gasteiger partial charge is 0.229 e. The van der Waals surface area contributed by atoms with Gasteiger partial charge in [0.15, 0.2) is 0 Å². The molecule has 0 radical (unpaired) electrons. The van der Waals surface area contributed by atoms with Gasteiger partial charge in [-0.05, 0) is 49.6 Å². The van der Waals surface area contributed by atoms with E-state index in [9.17, 15) is 4.79 Å². The van der Waals surface area contributed by atoms with E-state index in [1.165, 1.54) is 0 Å². The molecule has 0 aliphatic carbocycles. The first-order chi connectivity index (χ1) is 12.7. The quantitative estimate of drug-likeness (QED) is 0.723. The number of nitrogens with zero attached hydrogens (tertiary/aromatic N) is 3. The van der Waals surface area contributed by atoms with E-state index in [4.69, 9.17) is 4.74 Å². The highest BCUT2D eigenvalue weighted by molar-refractivity contribution is 5.79. The zero-order valence-electron chi connectivity index (χ0n) is 15.2. The van der Waals surface area contributed by atoms with Crippen molar-refractivity contribution in [3.63, 3.8) is 0 Å². The Labute approximate surface area is 153 Å². The number of imidazole rings is 1. The molecule has 5 heteroatoms. The predicted molar refractivity (Wildman–Crippen MR) is 100 cm³/mol. The molecule has 0 N–H and O–H groups in total. The third-order valence-electron chi connectivity index (χ3n) is 5.20. The molecule has 1 aromatic carbocycles. The van der Waals surface area contributed by atoms with Gasteiger partial charge in [0.1, 0.15) is 11.4 Å². The van der Waals surface area contributed by atoms with Crippen LogP contribution >= 0.6 is 0 Å². The molecule has 134 valence electrons. The number of pyridine rings is 1. The van der Waals surface area contributed by atoms with Crippen molar-refractivity contribution < 1.29 is 9.53 Å². The number of benzene rings is 1. The standard InChI is InChI=1S/C21H23N3O2/c1-15-19(23-11-4-3-10-20(23)22-15)14-21(25)24-12-6-9-18(24)16-7-5-8-17(13-16)26-2/h3-5,7-8,10-11,13,18H,6,9,12,14H2,1-2H3/t18-/m0/s1. The van der Waals surface area contributed by atoms with Gasteiger partial charge in [0, 0.05) is 12.7 Å². The van der Waals surface area contributed by atoms with Crippen LogP contribution in [0.3, 0.4) is 0 Å². The molecule has 26 heavy (non-hydrogen) atoms. The van der Waals surface area contributed by atoms with Crippen LogP contribution in [0.4, 0.5) is 0 Å². The highest BCUT2D eigenvalue weighted by Gasteiger charge is 2.30. The molecule has 4 rings (SSSR count). The van der Waals surface area contributed by atoms with Gasteiger partial charge in [-0.25, -0.2) is 4.98 Å². The maximum absolute atomic E-state index is 13.1. The molecule has 1 aliphatic rings. The molecule has 3 aromatic rings. The van der Waals surface area contributed by atoms with Crippen LogP contribution in [0.15, 0.2) is 48.7 Å². The maximum atomic E-state index is 13.1. The Hall–Kier alpha value is -2.82. The summed E-state index contributed by atoms with van der Waals surface area (Å²) in [6.07, 6.45) is 4.36. The molecular weight excluding hydrogens is 326 g/mol. The average Bonchev–Trinajstić information content (AvgIpc) is 3.27. The van der Waals surface area contributed by atoms with Gasteiger partial charge in [0.2, 0.25) is 5.91 Å². The average molecular weight is 349 g/mol. The zero-order chi connectivity index (χ0) is 18.1. The Balaban J connectivity index is 1.59. The van der Waals surface area contributed by atoms with E-state index in [0.29, 0.717) is 6.42 Å². The number of hydrogen-bond acceptors (Lipinski definition) is 3. The van der Waals surface area contributed by atoms with Crippen molar-refractivity contribution in [3.8, 4) is 5.75 Å². The topological polar surface area (TPSA) is 46.8 Å². The summed E-state index contributed by atoms with van der Waals surface area (Å²) in [5.74, 6) is 0.989.